The SMILES string of the molecule is Cc1ccc(N(c2cc(C)c3c(c2)C(C)(C)c2cc4c(cc2-3)C(C)(C)c2cc(N(c3ccc(C(F)(F)F)cc3)c3ccccc3C)cc(C)c2-4)c2ccccc2C)cc1. The normalized spacial score (nSPS) is 14.4. The van der Waals surface area contributed by atoms with Gasteiger partial charge in [0.25, 0.3) is 0 Å². The van der Waals surface area contributed by atoms with E-state index in [4.69, 9.17) is 0 Å². The second kappa shape index (κ2) is 13.5. The van der Waals surface area contributed by atoms with Crippen molar-refractivity contribution in [1.82, 2.24) is 0 Å². The topological polar surface area (TPSA) is 6.48 Å². The number of para-hydroxylation sites is 2. The van der Waals surface area contributed by atoms with Crippen LogP contribution in [0.25, 0.3) is 22.3 Å². The van der Waals surface area contributed by atoms with Gasteiger partial charge < -0.3 is 9.80 Å². The Balaban J connectivity index is 1.18. The number of rotatable bonds is 6. The van der Waals surface area contributed by atoms with Crippen molar-refractivity contribution in [3.05, 3.63) is 189 Å². The largest absolute Gasteiger partial charge is 0.416 e. The van der Waals surface area contributed by atoms with Gasteiger partial charge in [-0.05, 0) is 186 Å². The first kappa shape index (κ1) is 38.4. The van der Waals surface area contributed by atoms with Crippen LogP contribution in [0.5, 0.6) is 0 Å². The first-order valence-electron chi connectivity index (χ1n) is 20.4. The molecule has 2 aliphatic rings. The molecule has 296 valence electrons. The van der Waals surface area contributed by atoms with E-state index in [0.29, 0.717) is 5.69 Å². The molecule has 7 aromatic carbocycles. The Morgan fingerprint density at radius 1 is 0.407 bits per heavy atom. The molecule has 59 heavy (non-hydrogen) atoms. The van der Waals surface area contributed by atoms with Crippen LogP contribution in [0.4, 0.5) is 47.3 Å². The molecule has 0 bridgehead atoms. The lowest BCUT2D eigenvalue weighted by Gasteiger charge is -2.30. The molecule has 0 saturated heterocycles. The number of benzene rings is 7. The summed E-state index contributed by atoms with van der Waals surface area (Å²) >= 11 is 0. The summed E-state index contributed by atoms with van der Waals surface area (Å²) in [5.41, 5.74) is 20.8. The summed E-state index contributed by atoms with van der Waals surface area (Å²) in [5.74, 6) is 0. The van der Waals surface area contributed by atoms with Gasteiger partial charge in [0.2, 0.25) is 0 Å². The number of aryl methyl sites for hydroxylation is 5. The number of anilines is 6. The lowest BCUT2D eigenvalue weighted by Crippen LogP contribution is -2.18. The fourth-order valence-electron chi connectivity index (χ4n) is 9.81. The predicted molar refractivity (Wildman–Crippen MR) is 240 cm³/mol. The van der Waals surface area contributed by atoms with Crippen LogP contribution in [0.15, 0.2) is 133 Å². The van der Waals surface area contributed by atoms with Gasteiger partial charge in [0.1, 0.15) is 0 Å². The molecule has 9 rings (SSSR count). The van der Waals surface area contributed by atoms with Crippen LogP contribution in [0, 0.1) is 34.6 Å². The van der Waals surface area contributed by atoms with Crippen LogP contribution in [-0.2, 0) is 17.0 Å². The highest BCUT2D eigenvalue weighted by molar-refractivity contribution is 5.94. The molecular weight excluding hydrogens is 734 g/mol. The number of nitrogens with zero attached hydrogens (tertiary/aromatic N) is 2. The Morgan fingerprint density at radius 3 is 1.19 bits per heavy atom. The number of fused-ring (bicyclic) bond motifs is 6. The molecule has 0 aromatic heterocycles. The van der Waals surface area contributed by atoms with Crippen molar-refractivity contribution in [2.45, 2.75) is 79.3 Å². The van der Waals surface area contributed by atoms with Crippen LogP contribution in [-0.4, -0.2) is 0 Å². The zero-order valence-electron chi connectivity index (χ0n) is 35.2. The molecular formula is C54H49F3N2. The number of halogens is 3. The Kier molecular flexibility index (Phi) is 8.79. The minimum atomic E-state index is -4.41. The van der Waals surface area contributed by atoms with Crippen molar-refractivity contribution in [2.24, 2.45) is 0 Å². The summed E-state index contributed by atoms with van der Waals surface area (Å²) in [6.07, 6.45) is -4.41. The minimum absolute atomic E-state index is 0.268. The lowest BCUT2D eigenvalue weighted by atomic mass is 9.79. The number of hydrogen-bond donors (Lipinski definition) is 0. The Labute approximate surface area is 346 Å². The van der Waals surface area contributed by atoms with Gasteiger partial charge >= 0.3 is 6.18 Å². The molecule has 0 spiro atoms. The van der Waals surface area contributed by atoms with Gasteiger partial charge in [0, 0.05) is 45.0 Å². The third-order valence-electron chi connectivity index (χ3n) is 13.0. The molecule has 5 heteroatoms. The van der Waals surface area contributed by atoms with Crippen molar-refractivity contribution < 1.29 is 13.2 Å². The summed E-state index contributed by atoms with van der Waals surface area (Å²) in [4.78, 5) is 4.49. The highest BCUT2D eigenvalue weighted by atomic mass is 19.4. The van der Waals surface area contributed by atoms with Crippen LogP contribution in [0.3, 0.4) is 0 Å². The summed E-state index contributed by atoms with van der Waals surface area (Å²) < 4.78 is 41.0. The minimum Gasteiger partial charge on any atom is -0.310 e. The highest BCUT2D eigenvalue weighted by Gasteiger charge is 2.43. The molecule has 0 atom stereocenters. The van der Waals surface area contributed by atoms with Gasteiger partial charge in [-0.2, -0.15) is 13.2 Å². The quantitative estimate of drug-likeness (QED) is 0.166. The van der Waals surface area contributed by atoms with Gasteiger partial charge in [-0.3, -0.25) is 0 Å². The average molecular weight is 783 g/mol. The second-order valence-electron chi connectivity index (χ2n) is 17.7. The Morgan fingerprint density at radius 2 is 0.797 bits per heavy atom. The Hall–Kier alpha value is -6.07. The summed E-state index contributed by atoms with van der Waals surface area (Å²) in [5, 5.41) is 0. The van der Waals surface area contributed by atoms with Gasteiger partial charge in [-0.25, -0.2) is 0 Å². The van der Waals surface area contributed by atoms with Crippen LogP contribution in [0.2, 0.25) is 0 Å². The first-order chi connectivity index (χ1) is 28.0. The predicted octanol–water partition coefficient (Wildman–Crippen LogP) is 15.8. The molecule has 0 unspecified atom stereocenters. The zero-order chi connectivity index (χ0) is 41.8. The van der Waals surface area contributed by atoms with Gasteiger partial charge in [-0.15, -0.1) is 0 Å². The molecule has 2 aliphatic carbocycles. The molecule has 0 heterocycles. The highest BCUT2D eigenvalue weighted by Crippen LogP contribution is 2.59. The van der Waals surface area contributed by atoms with Crippen molar-refractivity contribution in [3.63, 3.8) is 0 Å². The van der Waals surface area contributed by atoms with Gasteiger partial charge in [0.05, 0.1) is 5.56 Å². The molecule has 0 fully saturated rings. The molecule has 7 aromatic rings. The van der Waals surface area contributed by atoms with Crippen molar-refractivity contribution in [1.29, 1.82) is 0 Å². The number of hydrogen-bond acceptors (Lipinski definition) is 2. The van der Waals surface area contributed by atoms with Crippen LogP contribution >= 0.6 is 0 Å². The van der Waals surface area contributed by atoms with Gasteiger partial charge in [-0.1, -0.05) is 81.8 Å². The molecule has 0 aliphatic heterocycles. The van der Waals surface area contributed by atoms with E-state index in [-0.39, 0.29) is 10.8 Å². The lowest BCUT2D eigenvalue weighted by molar-refractivity contribution is -0.137. The molecule has 0 N–H and O–H groups in total. The molecule has 0 amide bonds. The van der Waals surface area contributed by atoms with E-state index in [1.54, 1.807) is 12.1 Å². The van der Waals surface area contributed by atoms with Crippen molar-refractivity contribution >= 4 is 34.1 Å². The standard InChI is InChI=1S/C54H49F3N2/c1-32-18-22-38(23-19-32)58(48-16-12-10-14-33(48)2)40-26-35(4)50-42-30-45-43(31-44(42)52(6,7)46(50)28-40)51-36(5)27-41(29-47(51)53(45,8)9)59(49-17-13-11-15-34(49)3)39-24-20-37(21-25-39)54(55,56)57/h10-31H,1-9H3. The van der Waals surface area contributed by atoms with Crippen molar-refractivity contribution in [2.75, 3.05) is 9.80 Å². The van der Waals surface area contributed by atoms with E-state index in [2.05, 4.69) is 150 Å². The van der Waals surface area contributed by atoms with E-state index in [1.165, 1.54) is 73.3 Å². The zero-order valence-corrected chi connectivity index (χ0v) is 35.2. The second-order valence-corrected chi connectivity index (χ2v) is 17.7. The monoisotopic (exact) mass is 782 g/mol. The van der Waals surface area contributed by atoms with Crippen molar-refractivity contribution in [3.8, 4) is 22.3 Å². The third-order valence-corrected chi connectivity index (χ3v) is 13.0. The molecule has 0 saturated carbocycles. The van der Waals surface area contributed by atoms with E-state index in [0.717, 1.165) is 39.6 Å². The maximum absolute atomic E-state index is 13.7. The maximum atomic E-state index is 13.7. The Bertz CT molecular complexity index is 2810. The number of alkyl halides is 3. The smallest absolute Gasteiger partial charge is 0.310 e. The molecule has 0 radical (unpaired) electrons. The fourth-order valence-corrected chi connectivity index (χ4v) is 9.81. The third kappa shape index (κ3) is 6.08. The summed E-state index contributed by atoms with van der Waals surface area (Å²) in [7, 11) is 0. The summed E-state index contributed by atoms with van der Waals surface area (Å²) in [6, 6.07) is 45.1. The average Bonchev–Trinajstić information content (AvgIpc) is 3.55. The van der Waals surface area contributed by atoms with E-state index in [1.807, 2.05) is 31.2 Å². The van der Waals surface area contributed by atoms with E-state index < -0.39 is 11.7 Å². The fraction of sp³-hybridized carbons (Fsp3) is 0.222. The molecule has 2 nitrogen and oxygen atoms in total. The van der Waals surface area contributed by atoms with Crippen LogP contribution < -0.4 is 9.80 Å². The van der Waals surface area contributed by atoms with Crippen LogP contribution in [0.1, 0.15) is 83.3 Å². The maximum Gasteiger partial charge on any atom is 0.416 e. The van der Waals surface area contributed by atoms with E-state index >= 15 is 0 Å². The van der Waals surface area contributed by atoms with Gasteiger partial charge in [0.15, 0.2) is 0 Å². The first-order valence-corrected chi connectivity index (χ1v) is 20.4. The van der Waals surface area contributed by atoms with E-state index in [9.17, 15) is 13.2 Å². The summed E-state index contributed by atoms with van der Waals surface area (Å²) in [6.45, 7) is 20.1.